The summed E-state index contributed by atoms with van der Waals surface area (Å²) < 4.78 is 0. The van der Waals surface area contributed by atoms with Crippen LogP contribution < -0.4 is 15.5 Å². The van der Waals surface area contributed by atoms with Gasteiger partial charge in [0.15, 0.2) is 0 Å². The van der Waals surface area contributed by atoms with Gasteiger partial charge in [0.05, 0.1) is 0 Å². The molecule has 0 aliphatic carbocycles. The topological polar surface area (TPSA) is 78.5 Å². The van der Waals surface area contributed by atoms with Crippen LogP contribution in [0.25, 0.3) is 0 Å². The number of Topliss-reactive ketones (excluding diaryl/α,β-unsaturated/α-hetero) is 1. The Bertz CT molecular complexity index is 785. The Morgan fingerprint density at radius 3 is 2.73 bits per heavy atom. The Morgan fingerprint density at radius 2 is 2.04 bits per heavy atom. The number of rotatable bonds is 3. The third kappa shape index (κ3) is 4.12. The maximum Gasteiger partial charge on any atom is 0.241 e. The number of amides is 2. The number of carbonyl (C=O) groups excluding carboxylic acids is 3. The van der Waals surface area contributed by atoms with Gasteiger partial charge in [0.25, 0.3) is 0 Å². The van der Waals surface area contributed by atoms with Gasteiger partial charge in [-0.15, -0.1) is 0 Å². The highest BCUT2D eigenvalue weighted by molar-refractivity contribution is 6.11. The molecule has 2 fully saturated rings. The minimum atomic E-state index is -0.596. The lowest BCUT2D eigenvalue weighted by Gasteiger charge is -2.30. The van der Waals surface area contributed by atoms with E-state index in [0.29, 0.717) is 12.0 Å². The van der Waals surface area contributed by atoms with Crippen LogP contribution in [-0.2, 0) is 16.0 Å². The molecule has 0 bridgehead atoms. The maximum absolute atomic E-state index is 12.5. The van der Waals surface area contributed by atoms with Crippen molar-refractivity contribution in [3.63, 3.8) is 0 Å². The van der Waals surface area contributed by atoms with Gasteiger partial charge in [-0.3, -0.25) is 19.7 Å². The van der Waals surface area contributed by atoms with Crippen molar-refractivity contribution in [1.82, 2.24) is 10.6 Å². The molecule has 0 saturated carbocycles. The fraction of sp³-hybridized carbons (Fsp3) is 0.450. The fourth-order valence-electron chi connectivity index (χ4n) is 3.27. The SMILES string of the molecule is CCc1cc(N2CCNCC2)ccc1C(=O)C#C[C@H]1CCC(=O)NC1=O. The molecule has 1 aromatic carbocycles. The zero-order valence-corrected chi connectivity index (χ0v) is 14.9. The van der Waals surface area contributed by atoms with Crippen LogP contribution >= 0.6 is 0 Å². The maximum atomic E-state index is 12.5. The average Bonchev–Trinajstić information content (AvgIpc) is 2.67. The number of piperazine rings is 1. The summed E-state index contributed by atoms with van der Waals surface area (Å²) in [5.74, 6) is 3.77. The van der Waals surface area contributed by atoms with Crippen molar-refractivity contribution < 1.29 is 14.4 Å². The predicted octanol–water partition coefficient (Wildman–Crippen LogP) is 0.898. The van der Waals surface area contributed by atoms with E-state index in [9.17, 15) is 14.4 Å². The van der Waals surface area contributed by atoms with E-state index in [4.69, 9.17) is 0 Å². The molecular formula is C20H23N3O3. The molecule has 2 amide bonds. The molecule has 136 valence electrons. The molecule has 0 spiro atoms. The number of nitrogens with zero attached hydrogens (tertiary/aromatic N) is 1. The average molecular weight is 353 g/mol. The number of anilines is 1. The summed E-state index contributed by atoms with van der Waals surface area (Å²) in [6.07, 6.45) is 1.37. The summed E-state index contributed by atoms with van der Waals surface area (Å²) in [6.45, 7) is 5.83. The molecule has 2 aliphatic rings. The minimum Gasteiger partial charge on any atom is -0.369 e. The molecule has 6 nitrogen and oxygen atoms in total. The van der Waals surface area contributed by atoms with Crippen molar-refractivity contribution >= 4 is 23.3 Å². The first kappa shape index (κ1) is 18.2. The van der Waals surface area contributed by atoms with Gasteiger partial charge in [-0.05, 0) is 42.5 Å². The molecule has 1 atom stereocenters. The van der Waals surface area contributed by atoms with Crippen molar-refractivity contribution in [3.8, 4) is 11.8 Å². The highest BCUT2D eigenvalue weighted by atomic mass is 16.2. The lowest BCUT2D eigenvalue weighted by atomic mass is 9.97. The predicted molar refractivity (Wildman–Crippen MR) is 98.9 cm³/mol. The van der Waals surface area contributed by atoms with Crippen LogP contribution in [0.3, 0.4) is 0 Å². The van der Waals surface area contributed by atoms with Gasteiger partial charge in [0, 0.05) is 43.9 Å². The largest absolute Gasteiger partial charge is 0.369 e. The first-order valence-electron chi connectivity index (χ1n) is 9.06. The summed E-state index contributed by atoms with van der Waals surface area (Å²) in [6, 6.07) is 5.86. The molecule has 2 heterocycles. The third-order valence-electron chi connectivity index (χ3n) is 4.80. The molecule has 1 aromatic rings. The first-order chi connectivity index (χ1) is 12.6. The molecule has 0 aromatic heterocycles. The number of hydrogen-bond donors (Lipinski definition) is 2. The minimum absolute atomic E-state index is 0.263. The molecule has 0 radical (unpaired) electrons. The van der Waals surface area contributed by atoms with Crippen molar-refractivity contribution in [2.45, 2.75) is 26.2 Å². The number of benzene rings is 1. The van der Waals surface area contributed by atoms with Crippen LogP contribution in [-0.4, -0.2) is 43.8 Å². The Balaban J connectivity index is 1.76. The van der Waals surface area contributed by atoms with E-state index in [1.807, 2.05) is 19.1 Å². The van der Waals surface area contributed by atoms with E-state index in [-0.39, 0.29) is 18.1 Å². The second-order valence-electron chi connectivity index (χ2n) is 6.53. The van der Waals surface area contributed by atoms with E-state index < -0.39 is 11.8 Å². The quantitative estimate of drug-likeness (QED) is 0.365. The van der Waals surface area contributed by atoms with Crippen LogP contribution in [0.4, 0.5) is 5.69 Å². The molecule has 26 heavy (non-hydrogen) atoms. The summed E-state index contributed by atoms with van der Waals surface area (Å²) in [7, 11) is 0. The molecule has 2 N–H and O–H groups in total. The number of nitrogens with one attached hydrogen (secondary N) is 2. The monoisotopic (exact) mass is 353 g/mol. The van der Waals surface area contributed by atoms with Crippen LogP contribution in [0.1, 0.15) is 35.7 Å². The van der Waals surface area contributed by atoms with E-state index in [0.717, 1.165) is 43.9 Å². The Hall–Kier alpha value is -2.65. The van der Waals surface area contributed by atoms with Gasteiger partial charge in [-0.2, -0.15) is 0 Å². The Labute approximate surface area is 153 Å². The molecule has 2 aliphatic heterocycles. The highest BCUT2D eigenvalue weighted by Gasteiger charge is 2.25. The van der Waals surface area contributed by atoms with Crippen molar-refractivity contribution in [2.24, 2.45) is 5.92 Å². The van der Waals surface area contributed by atoms with Gasteiger partial charge >= 0.3 is 0 Å². The third-order valence-corrected chi connectivity index (χ3v) is 4.80. The summed E-state index contributed by atoms with van der Waals surface area (Å²) in [4.78, 5) is 37.7. The van der Waals surface area contributed by atoms with Gasteiger partial charge in [-0.25, -0.2) is 0 Å². The summed E-state index contributed by atoms with van der Waals surface area (Å²) in [5, 5.41) is 5.59. The van der Waals surface area contributed by atoms with Crippen LogP contribution in [0, 0.1) is 17.8 Å². The standard InChI is InChI=1S/C20H23N3O3/c1-2-14-13-16(23-11-9-21-10-12-23)5-6-17(14)18(24)7-3-15-4-8-19(25)22-20(15)26/h5-6,13,15,21H,2,4,8-12H2,1H3,(H,22,25,26)/t15-/m0/s1. The molecular weight excluding hydrogens is 330 g/mol. The Kier molecular flexibility index (Phi) is 5.69. The number of imide groups is 1. The number of carbonyl (C=O) groups is 3. The number of ketones is 1. The van der Waals surface area contributed by atoms with E-state index >= 15 is 0 Å². The highest BCUT2D eigenvalue weighted by Crippen LogP contribution is 2.21. The second kappa shape index (κ2) is 8.15. The van der Waals surface area contributed by atoms with E-state index in [2.05, 4.69) is 33.4 Å². The first-order valence-corrected chi connectivity index (χ1v) is 9.06. The van der Waals surface area contributed by atoms with Crippen molar-refractivity contribution in [3.05, 3.63) is 29.3 Å². The fourth-order valence-corrected chi connectivity index (χ4v) is 3.27. The van der Waals surface area contributed by atoms with Crippen LogP contribution in [0.5, 0.6) is 0 Å². The van der Waals surface area contributed by atoms with Crippen LogP contribution in [0.15, 0.2) is 18.2 Å². The second-order valence-corrected chi connectivity index (χ2v) is 6.53. The van der Waals surface area contributed by atoms with E-state index in [1.165, 1.54) is 0 Å². The molecule has 2 saturated heterocycles. The number of hydrogen-bond acceptors (Lipinski definition) is 5. The number of piperidine rings is 1. The smallest absolute Gasteiger partial charge is 0.241 e. The van der Waals surface area contributed by atoms with Crippen molar-refractivity contribution in [1.29, 1.82) is 0 Å². The van der Waals surface area contributed by atoms with Gasteiger partial charge in [-0.1, -0.05) is 12.8 Å². The van der Waals surface area contributed by atoms with Crippen molar-refractivity contribution in [2.75, 3.05) is 31.1 Å². The molecule has 3 rings (SSSR count). The zero-order valence-electron chi connectivity index (χ0n) is 14.9. The lowest BCUT2D eigenvalue weighted by molar-refractivity contribution is -0.134. The normalized spacial score (nSPS) is 20.2. The molecule has 0 unspecified atom stereocenters. The van der Waals surface area contributed by atoms with Gasteiger partial charge in [0.2, 0.25) is 17.6 Å². The van der Waals surface area contributed by atoms with Gasteiger partial charge < -0.3 is 10.2 Å². The molecule has 6 heteroatoms. The lowest BCUT2D eigenvalue weighted by Crippen LogP contribution is -2.43. The van der Waals surface area contributed by atoms with E-state index in [1.54, 1.807) is 0 Å². The summed E-state index contributed by atoms with van der Waals surface area (Å²) >= 11 is 0. The van der Waals surface area contributed by atoms with Crippen LogP contribution in [0.2, 0.25) is 0 Å². The zero-order chi connectivity index (χ0) is 18.5. The number of aryl methyl sites for hydroxylation is 1. The summed E-state index contributed by atoms with van der Waals surface area (Å²) in [5.41, 5.74) is 2.67. The Morgan fingerprint density at radius 1 is 1.27 bits per heavy atom. The van der Waals surface area contributed by atoms with Gasteiger partial charge in [0.1, 0.15) is 5.92 Å².